The molecule has 16 heavy (non-hydrogen) atoms. The van der Waals surface area contributed by atoms with E-state index < -0.39 is 0 Å². The molecule has 0 amide bonds. The highest BCUT2D eigenvalue weighted by atomic mass is 32.2. The Labute approximate surface area is 99.8 Å². The summed E-state index contributed by atoms with van der Waals surface area (Å²) >= 11 is 1.91. The third-order valence-corrected chi connectivity index (χ3v) is 4.81. The lowest BCUT2D eigenvalue weighted by Crippen LogP contribution is -2.39. The molecule has 2 saturated heterocycles. The van der Waals surface area contributed by atoms with E-state index in [1.165, 1.54) is 30.6 Å². The van der Waals surface area contributed by atoms with Gasteiger partial charge in [-0.3, -0.25) is 0 Å². The highest BCUT2D eigenvalue weighted by Gasteiger charge is 2.33. The number of hydrogen-bond donors (Lipinski definition) is 1. The molecule has 1 nitrogen and oxygen atoms in total. The molecule has 2 heterocycles. The molecular weight excluding hydrogens is 221 g/mol. The normalized spacial score (nSPS) is 32.9. The standard InChI is InChI=1S/C13H16FNS/c14-9-1-5-12(6-2-9)16-13-7-10-3-4-11(8-13)15-10/h1-2,5-6,10-11,13,15H,3-4,7-8H2/t10-,11+,13?. The van der Waals surface area contributed by atoms with Crippen LogP contribution in [0.5, 0.6) is 0 Å². The SMILES string of the molecule is Fc1ccc(SC2C[C@H]3CC[C@@H](C2)N3)cc1. The highest BCUT2D eigenvalue weighted by Crippen LogP contribution is 2.36. The van der Waals surface area contributed by atoms with Crippen LogP contribution in [0, 0.1) is 5.82 Å². The zero-order valence-electron chi connectivity index (χ0n) is 9.16. The number of halogens is 1. The van der Waals surface area contributed by atoms with Crippen molar-refractivity contribution in [2.75, 3.05) is 0 Å². The van der Waals surface area contributed by atoms with Crippen LogP contribution in [0.3, 0.4) is 0 Å². The lowest BCUT2D eigenvalue weighted by molar-refractivity contribution is 0.415. The van der Waals surface area contributed by atoms with Gasteiger partial charge < -0.3 is 5.32 Å². The second-order valence-electron chi connectivity index (χ2n) is 4.80. The second kappa shape index (κ2) is 4.38. The van der Waals surface area contributed by atoms with Gasteiger partial charge in [-0.2, -0.15) is 0 Å². The van der Waals surface area contributed by atoms with Crippen LogP contribution < -0.4 is 5.32 Å². The summed E-state index contributed by atoms with van der Waals surface area (Å²) < 4.78 is 12.8. The molecule has 2 aliphatic rings. The largest absolute Gasteiger partial charge is 0.311 e. The number of fused-ring (bicyclic) bond motifs is 2. The fourth-order valence-corrected chi connectivity index (χ4v) is 4.14. The van der Waals surface area contributed by atoms with Crippen molar-refractivity contribution in [3.05, 3.63) is 30.1 Å². The lowest BCUT2D eigenvalue weighted by Gasteiger charge is -2.28. The summed E-state index contributed by atoms with van der Waals surface area (Å²) in [5.74, 6) is -0.144. The molecule has 3 rings (SSSR count). The van der Waals surface area contributed by atoms with Crippen molar-refractivity contribution in [2.45, 2.75) is 47.9 Å². The van der Waals surface area contributed by atoms with E-state index in [0.717, 1.165) is 12.1 Å². The van der Waals surface area contributed by atoms with Gasteiger partial charge >= 0.3 is 0 Å². The molecule has 1 aromatic rings. The number of piperidine rings is 1. The number of thioether (sulfide) groups is 1. The molecule has 0 aromatic heterocycles. The quantitative estimate of drug-likeness (QED) is 0.847. The van der Waals surface area contributed by atoms with Crippen molar-refractivity contribution in [1.82, 2.24) is 5.32 Å². The van der Waals surface area contributed by atoms with E-state index in [4.69, 9.17) is 0 Å². The van der Waals surface area contributed by atoms with Crippen molar-refractivity contribution >= 4 is 11.8 Å². The molecular formula is C13H16FNS. The minimum Gasteiger partial charge on any atom is -0.311 e. The molecule has 2 fully saturated rings. The Morgan fingerprint density at radius 3 is 2.31 bits per heavy atom. The summed E-state index contributed by atoms with van der Waals surface area (Å²) in [6, 6.07) is 8.36. The fraction of sp³-hybridized carbons (Fsp3) is 0.538. The molecule has 0 spiro atoms. The third-order valence-electron chi connectivity index (χ3n) is 3.55. The van der Waals surface area contributed by atoms with E-state index >= 15 is 0 Å². The molecule has 0 aliphatic carbocycles. The average Bonchev–Trinajstić information content (AvgIpc) is 2.62. The maximum atomic E-state index is 12.8. The Hall–Kier alpha value is -0.540. The first-order chi connectivity index (χ1) is 7.79. The van der Waals surface area contributed by atoms with E-state index in [2.05, 4.69) is 5.32 Å². The molecule has 3 atom stereocenters. The van der Waals surface area contributed by atoms with Crippen LogP contribution in [0.25, 0.3) is 0 Å². The van der Waals surface area contributed by atoms with Crippen LogP contribution in [0.4, 0.5) is 4.39 Å². The summed E-state index contributed by atoms with van der Waals surface area (Å²) in [5.41, 5.74) is 0. The van der Waals surface area contributed by atoms with Crippen molar-refractivity contribution in [1.29, 1.82) is 0 Å². The highest BCUT2D eigenvalue weighted by molar-refractivity contribution is 8.00. The number of hydrogen-bond acceptors (Lipinski definition) is 2. The first-order valence-electron chi connectivity index (χ1n) is 5.98. The number of benzene rings is 1. The predicted octanol–water partition coefficient (Wildman–Crippen LogP) is 3.20. The lowest BCUT2D eigenvalue weighted by atomic mass is 10.1. The average molecular weight is 237 g/mol. The Balaban J connectivity index is 1.64. The van der Waals surface area contributed by atoms with Crippen LogP contribution in [0.1, 0.15) is 25.7 Å². The maximum Gasteiger partial charge on any atom is 0.123 e. The second-order valence-corrected chi connectivity index (χ2v) is 6.18. The number of rotatable bonds is 2. The Morgan fingerprint density at radius 1 is 1.06 bits per heavy atom. The summed E-state index contributed by atoms with van der Waals surface area (Å²) in [5, 5.41) is 4.35. The first-order valence-corrected chi connectivity index (χ1v) is 6.86. The van der Waals surface area contributed by atoms with Crippen LogP contribution in [-0.2, 0) is 0 Å². The van der Waals surface area contributed by atoms with Crippen LogP contribution >= 0.6 is 11.8 Å². The smallest absolute Gasteiger partial charge is 0.123 e. The zero-order valence-corrected chi connectivity index (χ0v) is 9.97. The van der Waals surface area contributed by atoms with Gasteiger partial charge in [-0.25, -0.2) is 4.39 Å². The van der Waals surface area contributed by atoms with Gasteiger partial charge in [0.05, 0.1) is 0 Å². The van der Waals surface area contributed by atoms with Crippen molar-refractivity contribution in [2.24, 2.45) is 0 Å². The Morgan fingerprint density at radius 2 is 1.69 bits per heavy atom. The summed E-state index contributed by atoms with van der Waals surface area (Å²) in [6.45, 7) is 0. The van der Waals surface area contributed by atoms with Gasteiger partial charge in [-0.15, -0.1) is 11.8 Å². The third kappa shape index (κ3) is 2.25. The molecule has 2 aliphatic heterocycles. The molecule has 1 aromatic carbocycles. The van der Waals surface area contributed by atoms with Gasteiger partial charge in [0, 0.05) is 22.2 Å². The summed E-state index contributed by atoms with van der Waals surface area (Å²) in [6.07, 6.45) is 5.20. The molecule has 86 valence electrons. The van der Waals surface area contributed by atoms with Crippen LogP contribution in [0.2, 0.25) is 0 Å². The monoisotopic (exact) mass is 237 g/mol. The first kappa shape index (κ1) is 10.6. The minimum absolute atomic E-state index is 0.144. The minimum atomic E-state index is -0.144. The molecule has 0 radical (unpaired) electrons. The van der Waals surface area contributed by atoms with Crippen molar-refractivity contribution < 1.29 is 4.39 Å². The predicted molar refractivity (Wildman–Crippen MR) is 65.2 cm³/mol. The van der Waals surface area contributed by atoms with Crippen LogP contribution in [0.15, 0.2) is 29.2 Å². The molecule has 1 N–H and O–H groups in total. The van der Waals surface area contributed by atoms with E-state index in [9.17, 15) is 4.39 Å². The molecule has 1 unspecified atom stereocenters. The van der Waals surface area contributed by atoms with Crippen LogP contribution in [-0.4, -0.2) is 17.3 Å². The Bertz CT molecular complexity index is 353. The van der Waals surface area contributed by atoms with E-state index in [1.54, 1.807) is 12.1 Å². The Kier molecular flexibility index (Phi) is 2.90. The topological polar surface area (TPSA) is 12.0 Å². The summed E-state index contributed by atoms with van der Waals surface area (Å²) in [7, 11) is 0. The zero-order chi connectivity index (χ0) is 11.0. The van der Waals surface area contributed by atoms with Gasteiger partial charge in [0.1, 0.15) is 5.82 Å². The van der Waals surface area contributed by atoms with E-state index in [0.29, 0.717) is 5.25 Å². The molecule has 3 heteroatoms. The van der Waals surface area contributed by atoms with Gasteiger partial charge in [-0.05, 0) is 49.9 Å². The van der Waals surface area contributed by atoms with E-state index in [-0.39, 0.29) is 5.82 Å². The number of nitrogens with one attached hydrogen (secondary N) is 1. The van der Waals surface area contributed by atoms with Crippen molar-refractivity contribution in [3.63, 3.8) is 0 Å². The van der Waals surface area contributed by atoms with Crippen molar-refractivity contribution in [3.8, 4) is 0 Å². The van der Waals surface area contributed by atoms with E-state index in [1.807, 2.05) is 23.9 Å². The van der Waals surface area contributed by atoms with Gasteiger partial charge in [0.25, 0.3) is 0 Å². The van der Waals surface area contributed by atoms with Gasteiger partial charge in [0.2, 0.25) is 0 Å². The molecule has 0 saturated carbocycles. The summed E-state index contributed by atoms with van der Waals surface area (Å²) in [4.78, 5) is 1.20. The fourth-order valence-electron chi connectivity index (χ4n) is 2.81. The van der Waals surface area contributed by atoms with Gasteiger partial charge in [0.15, 0.2) is 0 Å². The van der Waals surface area contributed by atoms with Gasteiger partial charge in [-0.1, -0.05) is 0 Å². The maximum absolute atomic E-state index is 12.8. The molecule has 2 bridgehead atoms.